The predicted octanol–water partition coefficient (Wildman–Crippen LogP) is 1.82. The summed E-state index contributed by atoms with van der Waals surface area (Å²) in [6.07, 6.45) is 1.19. The average molecular weight is 396 g/mol. The van der Waals surface area contributed by atoms with Gasteiger partial charge in [-0.2, -0.15) is 0 Å². The second-order valence-corrected chi connectivity index (χ2v) is 8.86. The second kappa shape index (κ2) is 6.07. The van der Waals surface area contributed by atoms with E-state index in [0.29, 0.717) is 16.5 Å². The van der Waals surface area contributed by atoms with E-state index < -0.39 is 30.0 Å². The van der Waals surface area contributed by atoms with Gasteiger partial charge < -0.3 is 9.11 Å². The Kier molecular flexibility index (Phi) is 4.33. The number of carbonyl (C=O) groups is 1. The Morgan fingerprint density at radius 2 is 1.60 bits per heavy atom. The minimum Gasteiger partial charge on any atom is -0.744 e. The number of thioether (sulfide) groups is 1. The van der Waals surface area contributed by atoms with Gasteiger partial charge in [0.05, 0.1) is 14.7 Å². The van der Waals surface area contributed by atoms with Gasteiger partial charge in [0, 0.05) is 10.5 Å². The number of hydrogen-bond donors (Lipinski definition) is 0. The van der Waals surface area contributed by atoms with E-state index in [2.05, 4.69) is 0 Å². The van der Waals surface area contributed by atoms with Crippen molar-refractivity contribution in [3.8, 4) is 0 Å². The maximum absolute atomic E-state index is 12.3. The summed E-state index contributed by atoms with van der Waals surface area (Å²) in [5.41, 5.74) is 0.287. The molecule has 0 atom stereocenters. The molecule has 0 bridgehead atoms. The molecular weight excluding hydrogens is 388 g/mol. The van der Waals surface area contributed by atoms with Gasteiger partial charge in [0.25, 0.3) is 0 Å². The van der Waals surface area contributed by atoms with Crippen LogP contribution in [0.5, 0.6) is 0 Å². The largest absolute Gasteiger partial charge is 0.744 e. The molecular formula is C15H8O7S3-2. The number of fused-ring (bicyclic) bond motifs is 1. The third kappa shape index (κ3) is 3.53. The number of allylic oxidation sites excluding steroid dienone is 1. The maximum atomic E-state index is 12.3. The van der Waals surface area contributed by atoms with Crippen LogP contribution in [0.15, 0.2) is 62.1 Å². The summed E-state index contributed by atoms with van der Waals surface area (Å²) < 4.78 is 67.4. The Labute approximate surface area is 147 Å². The van der Waals surface area contributed by atoms with E-state index in [9.17, 15) is 30.7 Å². The number of ketones is 1. The molecule has 2 aromatic carbocycles. The van der Waals surface area contributed by atoms with Crippen molar-refractivity contribution in [3.63, 3.8) is 0 Å². The zero-order valence-corrected chi connectivity index (χ0v) is 14.7. The second-order valence-electron chi connectivity index (χ2n) is 5.04. The van der Waals surface area contributed by atoms with E-state index in [4.69, 9.17) is 0 Å². The van der Waals surface area contributed by atoms with Crippen molar-refractivity contribution >= 4 is 43.9 Å². The molecule has 130 valence electrons. The summed E-state index contributed by atoms with van der Waals surface area (Å²) in [6, 6.07) is 9.17. The van der Waals surface area contributed by atoms with Crippen LogP contribution < -0.4 is 0 Å². The van der Waals surface area contributed by atoms with Crippen LogP contribution in [0, 0.1) is 0 Å². The molecule has 25 heavy (non-hydrogen) atoms. The molecule has 10 heteroatoms. The number of benzene rings is 2. The van der Waals surface area contributed by atoms with Crippen LogP contribution in [0.25, 0.3) is 6.08 Å². The van der Waals surface area contributed by atoms with Crippen molar-refractivity contribution in [2.24, 2.45) is 0 Å². The van der Waals surface area contributed by atoms with Crippen LogP contribution in [0.1, 0.15) is 15.9 Å². The smallest absolute Gasteiger partial charge is 0.200 e. The van der Waals surface area contributed by atoms with Crippen molar-refractivity contribution < 1.29 is 30.7 Å². The predicted molar refractivity (Wildman–Crippen MR) is 87.0 cm³/mol. The Balaban J connectivity index is 2.15. The van der Waals surface area contributed by atoms with E-state index >= 15 is 0 Å². The quantitative estimate of drug-likeness (QED) is 0.567. The summed E-state index contributed by atoms with van der Waals surface area (Å²) in [5.74, 6) is -0.338. The molecule has 0 fully saturated rings. The van der Waals surface area contributed by atoms with Crippen LogP contribution in [-0.4, -0.2) is 31.7 Å². The molecule has 0 N–H and O–H groups in total. The molecule has 1 aliphatic rings. The number of Topliss-reactive ketones (excluding diaryl/α,β-unsaturated/α-hetero) is 1. The molecule has 0 saturated heterocycles. The molecule has 1 aliphatic heterocycles. The molecule has 7 nitrogen and oxygen atoms in total. The van der Waals surface area contributed by atoms with Gasteiger partial charge >= 0.3 is 0 Å². The van der Waals surface area contributed by atoms with Gasteiger partial charge in [-0.1, -0.05) is 30.0 Å². The maximum Gasteiger partial charge on any atom is 0.200 e. The van der Waals surface area contributed by atoms with Crippen molar-refractivity contribution in [2.45, 2.75) is 14.7 Å². The first-order chi connectivity index (χ1) is 11.6. The molecule has 2 aromatic rings. The Bertz CT molecular complexity index is 1130. The molecule has 0 amide bonds. The standard InChI is InChI=1S/C15H10O7S3/c16-15-11-3-1-2-4-12(11)23-13(15)7-9-5-6-10(24(17,18)19)8-14(9)25(20,21)22/h1-8H,(H,17,18,19)(H,20,21,22)/p-2. The molecule has 0 unspecified atom stereocenters. The number of hydrogen-bond acceptors (Lipinski definition) is 8. The van der Waals surface area contributed by atoms with Gasteiger partial charge in [0.15, 0.2) is 0 Å². The fourth-order valence-electron chi connectivity index (χ4n) is 2.28. The molecule has 0 radical (unpaired) electrons. The average Bonchev–Trinajstić information content (AvgIpc) is 2.82. The van der Waals surface area contributed by atoms with Crippen LogP contribution in [0.4, 0.5) is 0 Å². The van der Waals surface area contributed by atoms with Crippen molar-refractivity contribution in [1.82, 2.24) is 0 Å². The van der Waals surface area contributed by atoms with Gasteiger partial charge in [-0.15, -0.1) is 0 Å². The third-order valence-corrected chi connectivity index (χ3v) is 6.23. The van der Waals surface area contributed by atoms with E-state index in [0.717, 1.165) is 23.9 Å². The fourth-order valence-corrected chi connectivity index (χ4v) is 4.58. The summed E-state index contributed by atoms with van der Waals surface area (Å²) in [6.45, 7) is 0. The van der Waals surface area contributed by atoms with Gasteiger partial charge in [-0.25, -0.2) is 16.8 Å². The minimum absolute atomic E-state index is 0.161. The van der Waals surface area contributed by atoms with Gasteiger partial charge in [0.1, 0.15) is 20.2 Å². The van der Waals surface area contributed by atoms with Gasteiger partial charge in [0.2, 0.25) is 5.78 Å². The highest BCUT2D eigenvalue weighted by Gasteiger charge is 2.25. The Morgan fingerprint density at radius 1 is 0.920 bits per heavy atom. The highest BCUT2D eigenvalue weighted by Crippen LogP contribution is 2.41. The first kappa shape index (κ1) is 17.8. The van der Waals surface area contributed by atoms with E-state index in [1.807, 2.05) is 0 Å². The third-order valence-electron chi connectivity index (χ3n) is 3.41. The van der Waals surface area contributed by atoms with Crippen LogP contribution in [0.2, 0.25) is 0 Å². The molecule has 0 aliphatic carbocycles. The first-order valence-electron chi connectivity index (χ1n) is 6.66. The lowest BCUT2D eigenvalue weighted by atomic mass is 10.1. The lowest BCUT2D eigenvalue weighted by molar-refractivity contribution is 0.104. The SMILES string of the molecule is O=C1C(=Cc2ccc(S(=O)(=O)[O-])cc2S(=O)(=O)[O-])Sc2ccccc21. The van der Waals surface area contributed by atoms with Crippen LogP contribution in [0.3, 0.4) is 0 Å². The molecule has 3 rings (SSSR count). The zero-order chi connectivity index (χ0) is 18.4. The molecule has 0 spiro atoms. The van der Waals surface area contributed by atoms with E-state index in [1.165, 1.54) is 6.08 Å². The summed E-state index contributed by atoms with van der Waals surface area (Å²) in [4.78, 5) is 11.5. The lowest BCUT2D eigenvalue weighted by Gasteiger charge is -2.14. The van der Waals surface area contributed by atoms with Crippen LogP contribution >= 0.6 is 11.8 Å². The first-order valence-corrected chi connectivity index (χ1v) is 10.3. The van der Waals surface area contributed by atoms with Crippen molar-refractivity contribution in [3.05, 3.63) is 58.5 Å². The molecule has 0 aromatic heterocycles. The van der Waals surface area contributed by atoms with Gasteiger partial charge in [-0.3, -0.25) is 4.79 Å². The monoisotopic (exact) mass is 396 g/mol. The number of rotatable bonds is 3. The van der Waals surface area contributed by atoms with Crippen molar-refractivity contribution in [2.75, 3.05) is 0 Å². The van der Waals surface area contributed by atoms with Crippen molar-refractivity contribution in [1.29, 1.82) is 0 Å². The lowest BCUT2D eigenvalue weighted by Crippen LogP contribution is -2.06. The zero-order valence-electron chi connectivity index (χ0n) is 12.2. The minimum atomic E-state index is -5.06. The fraction of sp³-hybridized carbons (Fsp3) is 0. The molecule has 1 heterocycles. The Hall–Kier alpha value is -1.98. The number of carbonyl (C=O) groups excluding carboxylic acids is 1. The van der Waals surface area contributed by atoms with E-state index in [1.54, 1.807) is 24.3 Å². The Morgan fingerprint density at radius 3 is 2.20 bits per heavy atom. The summed E-state index contributed by atoms with van der Waals surface area (Å²) in [5, 5.41) is 0. The highest BCUT2D eigenvalue weighted by molar-refractivity contribution is 8.04. The topological polar surface area (TPSA) is 131 Å². The highest BCUT2D eigenvalue weighted by atomic mass is 32.2. The molecule has 0 saturated carbocycles. The van der Waals surface area contributed by atoms with Gasteiger partial charge in [-0.05, 0) is 35.9 Å². The summed E-state index contributed by atoms with van der Waals surface area (Å²) in [7, 11) is -9.99. The van der Waals surface area contributed by atoms with E-state index in [-0.39, 0.29) is 16.3 Å². The van der Waals surface area contributed by atoms with Crippen LogP contribution in [-0.2, 0) is 20.2 Å². The normalized spacial score (nSPS) is 16.2. The summed E-state index contributed by atoms with van der Waals surface area (Å²) >= 11 is 1.10.